The molecule has 0 fully saturated rings. The molecular weight excluding hydrogens is 278 g/mol. The summed E-state index contributed by atoms with van der Waals surface area (Å²) in [7, 11) is 0. The van der Waals surface area contributed by atoms with Crippen LogP contribution in [0.2, 0.25) is 0 Å². The molecule has 0 aliphatic heterocycles. The van der Waals surface area contributed by atoms with E-state index in [1.807, 2.05) is 35.8 Å². The number of benzene rings is 1. The standard InChI is InChI=1S/C17H19N3O2/c1-3-5-10-20-11-18-15-14(19-22-4-2)12-8-6-7-9-13(12)17(21)16(15)20/h6-9,11H,3-5,10H2,1-2H3. The second kappa shape index (κ2) is 6.13. The Labute approximate surface area is 129 Å². The molecule has 0 bridgehead atoms. The zero-order valence-electron chi connectivity index (χ0n) is 12.9. The van der Waals surface area contributed by atoms with E-state index in [2.05, 4.69) is 17.1 Å². The number of hydrogen-bond donors (Lipinski definition) is 0. The van der Waals surface area contributed by atoms with Crippen molar-refractivity contribution in [2.24, 2.45) is 5.16 Å². The van der Waals surface area contributed by atoms with Crippen LogP contribution in [0.3, 0.4) is 0 Å². The van der Waals surface area contributed by atoms with Crippen molar-refractivity contribution in [2.45, 2.75) is 33.2 Å². The molecule has 0 saturated heterocycles. The van der Waals surface area contributed by atoms with Gasteiger partial charge in [-0.3, -0.25) is 4.79 Å². The molecular formula is C17H19N3O2. The van der Waals surface area contributed by atoms with Crippen LogP contribution in [-0.2, 0) is 11.4 Å². The second-order valence-electron chi connectivity index (χ2n) is 5.22. The van der Waals surface area contributed by atoms with E-state index in [1.54, 1.807) is 6.33 Å². The fraction of sp³-hybridized carbons (Fsp3) is 0.353. The molecule has 1 aromatic heterocycles. The minimum absolute atomic E-state index is 0.00894. The molecule has 1 heterocycles. The average molecular weight is 297 g/mol. The first-order valence-corrected chi connectivity index (χ1v) is 7.67. The lowest BCUT2D eigenvalue weighted by atomic mass is 9.89. The van der Waals surface area contributed by atoms with Gasteiger partial charge in [-0.1, -0.05) is 42.8 Å². The maximum atomic E-state index is 12.8. The number of oxime groups is 1. The SMILES string of the molecule is CCCCn1cnc2c1C(=O)c1ccccc1C2=NOCC. The van der Waals surface area contributed by atoms with Crippen LogP contribution in [-0.4, -0.2) is 27.7 Å². The summed E-state index contributed by atoms with van der Waals surface area (Å²) < 4.78 is 1.93. The number of carbonyl (C=O) groups is 1. The quantitative estimate of drug-likeness (QED) is 0.680. The molecule has 22 heavy (non-hydrogen) atoms. The summed E-state index contributed by atoms with van der Waals surface area (Å²) >= 11 is 0. The first-order chi connectivity index (χ1) is 10.8. The third-order valence-electron chi connectivity index (χ3n) is 3.74. The summed E-state index contributed by atoms with van der Waals surface area (Å²) in [6, 6.07) is 7.48. The van der Waals surface area contributed by atoms with E-state index in [0.29, 0.717) is 29.3 Å². The summed E-state index contributed by atoms with van der Waals surface area (Å²) in [5.41, 5.74) is 3.32. The number of fused-ring (bicyclic) bond motifs is 2. The Kier molecular flexibility index (Phi) is 4.04. The molecule has 0 N–H and O–H groups in total. The van der Waals surface area contributed by atoms with E-state index in [0.717, 1.165) is 24.9 Å². The number of imidazole rings is 1. The topological polar surface area (TPSA) is 56.5 Å². The molecule has 5 nitrogen and oxygen atoms in total. The molecule has 114 valence electrons. The van der Waals surface area contributed by atoms with Crippen LogP contribution in [0.5, 0.6) is 0 Å². The molecule has 0 amide bonds. The summed E-state index contributed by atoms with van der Waals surface area (Å²) in [4.78, 5) is 22.5. The summed E-state index contributed by atoms with van der Waals surface area (Å²) in [6.07, 6.45) is 3.80. The van der Waals surface area contributed by atoms with Gasteiger partial charge in [0.1, 0.15) is 23.7 Å². The molecule has 1 aliphatic rings. The fourth-order valence-electron chi connectivity index (χ4n) is 2.66. The fourth-order valence-corrected chi connectivity index (χ4v) is 2.66. The number of carbonyl (C=O) groups excluding carboxylic acids is 1. The van der Waals surface area contributed by atoms with Crippen molar-refractivity contribution in [1.29, 1.82) is 0 Å². The molecule has 5 heteroatoms. The normalized spacial score (nSPS) is 14.8. The zero-order valence-corrected chi connectivity index (χ0v) is 12.9. The van der Waals surface area contributed by atoms with Crippen molar-refractivity contribution in [3.63, 3.8) is 0 Å². The number of nitrogens with zero attached hydrogens (tertiary/aromatic N) is 3. The number of aryl methyl sites for hydroxylation is 1. The van der Waals surface area contributed by atoms with Crippen LogP contribution in [0.25, 0.3) is 0 Å². The van der Waals surface area contributed by atoms with Crippen molar-refractivity contribution in [1.82, 2.24) is 9.55 Å². The smallest absolute Gasteiger partial charge is 0.212 e. The highest BCUT2D eigenvalue weighted by Crippen LogP contribution is 2.27. The van der Waals surface area contributed by atoms with Crippen LogP contribution in [0, 0.1) is 0 Å². The average Bonchev–Trinajstić information content (AvgIpc) is 2.97. The van der Waals surface area contributed by atoms with Crippen molar-refractivity contribution in [2.75, 3.05) is 6.61 Å². The Morgan fingerprint density at radius 2 is 2.00 bits per heavy atom. The Morgan fingerprint density at radius 1 is 1.23 bits per heavy atom. The first kappa shape index (κ1) is 14.5. The molecule has 0 saturated carbocycles. The van der Waals surface area contributed by atoms with Gasteiger partial charge in [0.2, 0.25) is 5.78 Å². The molecule has 0 spiro atoms. The maximum Gasteiger partial charge on any atom is 0.212 e. The highest BCUT2D eigenvalue weighted by atomic mass is 16.6. The van der Waals surface area contributed by atoms with Crippen molar-refractivity contribution in [3.05, 3.63) is 53.1 Å². The molecule has 3 rings (SSSR count). The number of unbranched alkanes of at least 4 members (excludes halogenated alkanes) is 1. The Balaban J connectivity index is 2.14. The van der Waals surface area contributed by atoms with Gasteiger partial charge in [-0.25, -0.2) is 4.98 Å². The van der Waals surface area contributed by atoms with Gasteiger partial charge in [-0.05, 0) is 13.3 Å². The lowest BCUT2D eigenvalue weighted by molar-refractivity contribution is 0.102. The molecule has 1 aromatic carbocycles. The highest BCUT2D eigenvalue weighted by molar-refractivity contribution is 6.28. The third-order valence-corrected chi connectivity index (χ3v) is 3.74. The number of rotatable bonds is 5. The Bertz CT molecular complexity index is 731. The number of ketones is 1. The Morgan fingerprint density at radius 3 is 2.73 bits per heavy atom. The van der Waals surface area contributed by atoms with Crippen LogP contribution >= 0.6 is 0 Å². The van der Waals surface area contributed by atoms with E-state index in [4.69, 9.17) is 4.84 Å². The van der Waals surface area contributed by atoms with E-state index < -0.39 is 0 Å². The van der Waals surface area contributed by atoms with Crippen LogP contribution < -0.4 is 0 Å². The molecule has 0 radical (unpaired) electrons. The van der Waals surface area contributed by atoms with E-state index >= 15 is 0 Å². The number of hydrogen-bond acceptors (Lipinski definition) is 4. The van der Waals surface area contributed by atoms with Crippen LogP contribution in [0.1, 0.15) is 54.0 Å². The van der Waals surface area contributed by atoms with Gasteiger partial charge in [0, 0.05) is 17.7 Å². The lowest BCUT2D eigenvalue weighted by Gasteiger charge is -2.18. The van der Waals surface area contributed by atoms with Crippen molar-refractivity contribution < 1.29 is 9.63 Å². The van der Waals surface area contributed by atoms with Gasteiger partial charge < -0.3 is 9.40 Å². The highest BCUT2D eigenvalue weighted by Gasteiger charge is 2.32. The van der Waals surface area contributed by atoms with Gasteiger partial charge in [0.05, 0.1) is 6.33 Å². The van der Waals surface area contributed by atoms with Gasteiger partial charge in [-0.2, -0.15) is 0 Å². The third kappa shape index (κ3) is 2.32. The second-order valence-corrected chi connectivity index (χ2v) is 5.22. The van der Waals surface area contributed by atoms with Gasteiger partial charge in [0.25, 0.3) is 0 Å². The van der Waals surface area contributed by atoms with Gasteiger partial charge in [0.15, 0.2) is 0 Å². The summed E-state index contributed by atoms with van der Waals surface area (Å²) in [5.74, 6) is 0.00894. The maximum absolute atomic E-state index is 12.8. The largest absolute Gasteiger partial charge is 0.396 e. The minimum Gasteiger partial charge on any atom is -0.396 e. The van der Waals surface area contributed by atoms with Crippen molar-refractivity contribution >= 4 is 11.5 Å². The predicted octanol–water partition coefficient (Wildman–Crippen LogP) is 3.02. The van der Waals surface area contributed by atoms with E-state index in [-0.39, 0.29) is 5.78 Å². The number of aromatic nitrogens is 2. The van der Waals surface area contributed by atoms with Gasteiger partial charge >= 0.3 is 0 Å². The van der Waals surface area contributed by atoms with Crippen molar-refractivity contribution in [3.8, 4) is 0 Å². The predicted molar refractivity (Wildman–Crippen MR) is 84.3 cm³/mol. The zero-order chi connectivity index (χ0) is 15.5. The summed E-state index contributed by atoms with van der Waals surface area (Å²) in [6.45, 7) is 5.27. The molecule has 0 unspecified atom stereocenters. The summed E-state index contributed by atoms with van der Waals surface area (Å²) in [5, 5.41) is 4.20. The Hall–Kier alpha value is -2.43. The minimum atomic E-state index is 0.00894. The van der Waals surface area contributed by atoms with E-state index in [1.165, 1.54) is 0 Å². The van der Waals surface area contributed by atoms with Crippen LogP contribution in [0.15, 0.2) is 35.7 Å². The van der Waals surface area contributed by atoms with E-state index in [9.17, 15) is 4.79 Å². The first-order valence-electron chi connectivity index (χ1n) is 7.67. The van der Waals surface area contributed by atoms with Gasteiger partial charge in [-0.15, -0.1) is 0 Å². The monoisotopic (exact) mass is 297 g/mol. The molecule has 2 aromatic rings. The lowest BCUT2D eigenvalue weighted by Crippen LogP contribution is -2.24. The molecule has 0 atom stereocenters. The molecule has 1 aliphatic carbocycles. The van der Waals surface area contributed by atoms with Crippen LogP contribution in [0.4, 0.5) is 0 Å².